The zero-order valence-electron chi connectivity index (χ0n) is 30.7. The number of allylic oxidation sites excluding steroid dienone is 7. The molecule has 3 saturated carbocycles. The number of aliphatic hydroxyl groups is 1. The van der Waals surface area contributed by atoms with Crippen LogP contribution in [0.5, 0.6) is 5.75 Å². The largest absolute Gasteiger partial charge is 0.504 e. The lowest BCUT2D eigenvalue weighted by molar-refractivity contribution is -0.181. The molecule has 0 saturated heterocycles. The number of hydrogen-bond donors (Lipinski definition) is 1. The summed E-state index contributed by atoms with van der Waals surface area (Å²) in [6, 6.07) is 7.39. The van der Waals surface area contributed by atoms with Crippen LogP contribution in [0.25, 0.3) is 6.08 Å². The summed E-state index contributed by atoms with van der Waals surface area (Å²) in [6.07, 6.45) is 19.6. The Morgan fingerprint density at radius 3 is 2.34 bits per heavy atom. The number of fused-ring (bicyclic) bond motifs is 7. The van der Waals surface area contributed by atoms with Gasteiger partial charge in [0, 0.05) is 17.1 Å². The van der Waals surface area contributed by atoms with Crippen LogP contribution in [-0.4, -0.2) is 43.2 Å². The van der Waals surface area contributed by atoms with Crippen molar-refractivity contribution in [3.8, 4) is 5.75 Å². The minimum absolute atomic E-state index is 0.0298. The summed E-state index contributed by atoms with van der Waals surface area (Å²) in [5.41, 5.74) is 4.14. The fraction of sp³-hybridized carbons (Fsp3) is 0.512. The van der Waals surface area contributed by atoms with Crippen LogP contribution in [0.2, 0.25) is 0 Å². The molecule has 1 N–H and O–H groups in total. The summed E-state index contributed by atoms with van der Waals surface area (Å²) >= 11 is 0. The predicted molar refractivity (Wildman–Crippen MR) is 194 cm³/mol. The van der Waals surface area contributed by atoms with E-state index in [4.69, 9.17) is 9.47 Å². The average molecular weight is 681 g/mol. The van der Waals surface area contributed by atoms with Crippen molar-refractivity contribution in [2.24, 2.45) is 33.0 Å². The molecule has 3 fully saturated rings. The summed E-state index contributed by atoms with van der Waals surface area (Å²) < 4.78 is 16.3. The summed E-state index contributed by atoms with van der Waals surface area (Å²) in [7, 11) is 1.34. The first-order chi connectivity index (χ1) is 23.6. The number of ether oxygens (including phenoxy) is 3. The molecule has 6 atom stereocenters. The lowest BCUT2D eigenvalue weighted by Crippen LogP contribution is -2.62. The van der Waals surface area contributed by atoms with Crippen LogP contribution in [0.3, 0.4) is 0 Å². The van der Waals surface area contributed by atoms with E-state index in [1.54, 1.807) is 12.2 Å². The van der Waals surface area contributed by atoms with E-state index in [-0.39, 0.29) is 45.8 Å². The molecule has 50 heavy (non-hydrogen) atoms. The Bertz CT molecular complexity index is 1770. The number of hydrogen-bond acceptors (Lipinski definition) is 7. The van der Waals surface area contributed by atoms with Gasteiger partial charge in [0.1, 0.15) is 19.0 Å². The molecule has 0 heterocycles. The molecular formula is C43H52O7. The Morgan fingerprint density at radius 1 is 0.920 bits per heavy atom. The van der Waals surface area contributed by atoms with E-state index in [9.17, 15) is 19.5 Å². The van der Waals surface area contributed by atoms with Gasteiger partial charge in [0.15, 0.2) is 5.76 Å². The average Bonchev–Trinajstić information content (AvgIpc) is 3.10. The van der Waals surface area contributed by atoms with Crippen LogP contribution in [0.15, 0.2) is 88.8 Å². The normalized spacial score (nSPS) is 34.9. The quantitative estimate of drug-likeness (QED) is 0.166. The SMILES string of the molecule is COC(=O)/C=C/c1ccc(OC/C=C/COC(=O)[C@]2(C)CC[C@]3(C)CC[C@]4(C)C5=CC=C6C(=CC(=O)C(O)=C6C)[C@]5(C)CC[C@@]4(C)[C@@H]3C2)cc1. The molecule has 266 valence electrons. The van der Waals surface area contributed by atoms with E-state index in [1.165, 1.54) is 18.8 Å². The van der Waals surface area contributed by atoms with E-state index in [0.717, 1.165) is 61.7 Å². The molecule has 0 amide bonds. The Hall–Kier alpha value is -4.13. The van der Waals surface area contributed by atoms with E-state index < -0.39 is 11.4 Å². The number of carbonyl (C=O) groups is 3. The van der Waals surface area contributed by atoms with Gasteiger partial charge in [0.05, 0.1) is 12.5 Å². The van der Waals surface area contributed by atoms with Gasteiger partial charge in [0.25, 0.3) is 0 Å². The molecule has 7 nitrogen and oxygen atoms in total. The van der Waals surface area contributed by atoms with Gasteiger partial charge in [-0.15, -0.1) is 0 Å². The summed E-state index contributed by atoms with van der Waals surface area (Å²) in [5.74, 6) is 0.0647. The molecule has 6 rings (SSSR count). The lowest BCUT2D eigenvalue weighted by atomic mass is 9.34. The molecule has 0 spiro atoms. The third kappa shape index (κ3) is 5.80. The number of carbonyl (C=O) groups excluding carboxylic acids is 3. The molecule has 1 aromatic rings. The maximum Gasteiger partial charge on any atom is 0.330 e. The number of benzene rings is 1. The first kappa shape index (κ1) is 35.7. The third-order valence-corrected chi connectivity index (χ3v) is 13.7. The van der Waals surface area contributed by atoms with Gasteiger partial charge in [-0.05, 0) is 134 Å². The van der Waals surface area contributed by atoms with Crippen LogP contribution >= 0.6 is 0 Å². The Labute approximate surface area is 296 Å². The zero-order valence-corrected chi connectivity index (χ0v) is 30.7. The molecule has 1 aromatic carbocycles. The number of esters is 2. The first-order valence-electron chi connectivity index (χ1n) is 18.0. The number of rotatable bonds is 8. The van der Waals surface area contributed by atoms with Crippen molar-refractivity contribution in [1.29, 1.82) is 0 Å². The predicted octanol–water partition coefficient (Wildman–Crippen LogP) is 8.98. The second-order valence-electron chi connectivity index (χ2n) is 16.4. The number of methoxy groups -OCH3 is 1. The van der Waals surface area contributed by atoms with Crippen molar-refractivity contribution >= 4 is 23.8 Å². The van der Waals surface area contributed by atoms with Crippen LogP contribution in [-0.2, 0) is 23.9 Å². The van der Waals surface area contributed by atoms with Crippen LogP contribution < -0.4 is 4.74 Å². The minimum Gasteiger partial charge on any atom is -0.504 e. The molecule has 5 aliphatic carbocycles. The number of ketones is 1. The molecule has 5 aliphatic rings. The highest BCUT2D eigenvalue weighted by molar-refractivity contribution is 6.06. The fourth-order valence-electron chi connectivity index (χ4n) is 10.1. The van der Waals surface area contributed by atoms with Crippen molar-refractivity contribution in [2.75, 3.05) is 20.3 Å². The third-order valence-electron chi connectivity index (χ3n) is 13.7. The van der Waals surface area contributed by atoms with Crippen molar-refractivity contribution in [1.82, 2.24) is 0 Å². The monoisotopic (exact) mass is 680 g/mol. The molecule has 0 aliphatic heterocycles. The molecule has 0 aromatic heterocycles. The van der Waals surface area contributed by atoms with Crippen molar-refractivity contribution in [2.45, 2.75) is 86.5 Å². The minimum atomic E-state index is -0.563. The van der Waals surface area contributed by atoms with E-state index in [1.807, 2.05) is 43.3 Å². The van der Waals surface area contributed by atoms with Crippen molar-refractivity contribution in [3.05, 3.63) is 94.3 Å². The van der Waals surface area contributed by atoms with Gasteiger partial charge in [-0.1, -0.05) is 57.6 Å². The lowest BCUT2D eigenvalue weighted by Gasteiger charge is -2.70. The maximum absolute atomic E-state index is 13.8. The standard InChI is InChI=1S/C43H52O7/c1-28-31-15-16-34-41(4,32(31)26-33(44)37(28)46)21-23-43(6)35-27-40(3,19-18-39(35,2)20-22-42(34,43)5)38(47)50-25-9-8-24-49-30-13-10-29(11-14-30)12-17-36(45)48-7/h8-17,26,35,46H,18-25,27H2,1-7H3/b9-8+,17-12+/t35-,39-,40-,41+,42-,43+/m1/s1. The van der Waals surface area contributed by atoms with Crippen LogP contribution in [0.1, 0.15) is 92.1 Å². The second kappa shape index (κ2) is 12.9. The van der Waals surface area contributed by atoms with Gasteiger partial charge >= 0.3 is 11.9 Å². The summed E-state index contributed by atoms with van der Waals surface area (Å²) in [6.45, 7) is 14.1. The van der Waals surface area contributed by atoms with Crippen LogP contribution in [0.4, 0.5) is 0 Å². The molecule has 7 heteroatoms. The first-order valence-corrected chi connectivity index (χ1v) is 18.0. The van der Waals surface area contributed by atoms with E-state index >= 15 is 0 Å². The topological polar surface area (TPSA) is 99.1 Å². The van der Waals surface area contributed by atoms with E-state index in [2.05, 4.69) is 51.5 Å². The summed E-state index contributed by atoms with van der Waals surface area (Å²) in [4.78, 5) is 37.9. The zero-order chi connectivity index (χ0) is 36.1. The molecular weight excluding hydrogens is 628 g/mol. The molecule has 0 radical (unpaired) electrons. The Morgan fingerprint density at radius 2 is 1.62 bits per heavy atom. The molecule has 0 unspecified atom stereocenters. The van der Waals surface area contributed by atoms with Crippen molar-refractivity contribution < 1.29 is 33.7 Å². The highest BCUT2D eigenvalue weighted by Crippen LogP contribution is 2.75. The Balaban J connectivity index is 1.11. The van der Waals surface area contributed by atoms with Crippen LogP contribution in [0, 0.1) is 33.0 Å². The smallest absolute Gasteiger partial charge is 0.330 e. The summed E-state index contributed by atoms with van der Waals surface area (Å²) in [5, 5.41) is 10.4. The second-order valence-corrected chi connectivity index (χ2v) is 16.4. The van der Waals surface area contributed by atoms with Gasteiger partial charge in [-0.3, -0.25) is 9.59 Å². The van der Waals surface area contributed by atoms with Gasteiger partial charge in [-0.2, -0.15) is 0 Å². The van der Waals surface area contributed by atoms with Gasteiger partial charge < -0.3 is 19.3 Å². The molecule has 0 bridgehead atoms. The maximum atomic E-state index is 13.8. The highest BCUT2D eigenvalue weighted by atomic mass is 16.5. The Kier molecular flexibility index (Phi) is 9.20. The van der Waals surface area contributed by atoms with Gasteiger partial charge in [-0.25, -0.2) is 4.79 Å². The van der Waals surface area contributed by atoms with Gasteiger partial charge in [0.2, 0.25) is 5.78 Å². The fourth-order valence-corrected chi connectivity index (χ4v) is 10.1. The van der Waals surface area contributed by atoms with Crippen molar-refractivity contribution in [3.63, 3.8) is 0 Å². The highest BCUT2D eigenvalue weighted by Gasteiger charge is 2.67. The van der Waals surface area contributed by atoms with E-state index in [0.29, 0.717) is 23.8 Å². The number of aliphatic hydroxyl groups excluding tert-OH is 1.